The predicted octanol–water partition coefficient (Wildman–Crippen LogP) is 1.29. The van der Waals surface area contributed by atoms with Crippen LogP contribution in [0.2, 0.25) is 0 Å². The van der Waals surface area contributed by atoms with Gasteiger partial charge in [-0.1, -0.05) is 0 Å². The van der Waals surface area contributed by atoms with Crippen molar-refractivity contribution < 1.29 is 52.2 Å². The molecule has 0 saturated carbocycles. The average Bonchev–Trinajstić information content (AvgIpc) is 2.82. The Morgan fingerprint density at radius 1 is 0.500 bits per heavy atom. The zero-order valence-electron chi connectivity index (χ0n) is 22.7. The predicted molar refractivity (Wildman–Crippen MR) is 133 cm³/mol. The molecule has 0 aliphatic rings. The maximum atomic E-state index is 11.4. The van der Waals surface area contributed by atoms with Gasteiger partial charge in [-0.3, -0.25) is 0 Å². The number of hydrogen-bond acceptors (Lipinski definition) is 11. The molecular weight excluding hydrogens is 478 g/mol. The standard InChI is InChI=1S/C24H49NO11/c1-24(2,3)36-23(26)25-5-6-28-9-10-30-13-14-32-17-18-34-21-22-35-20-19-33-16-15-31-12-11-29-8-7-27-4/h5-22H2,1-4H3,(H,25,26). The van der Waals surface area contributed by atoms with Crippen LogP contribution in [0.5, 0.6) is 0 Å². The number of rotatable bonds is 27. The van der Waals surface area contributed by atoms with Gasteiger partial charge in [0.15, 0.2) is 0 Å². The van der Waals surface area contributed by atoms with Gasteiger partial charge in [0.25, 0.3) is 0 Å². The van der Waals surface area contributed by atoms with Crippen LogP contribution in [0.3, 0.4) is 0 Å². The molecule has 0 bridgehead atoms. The Labute approximate surface area is 216 Å². The lowest BCUT2D eigenvalue weighted by Crippen LogP contribution is -2.34. The third kappa shape index (κ3) is 30.9. The molecule has 0 atom stereocenters. The van der Waals surface area contributed by atoms with E-state index in [-0.39, 0.29) is 0 Å². The van der Waals surface area contributed by atoms with Gasteiger partial charge < -0.3 is 52.7 Å². The molecule has 0 aromatic carbocycles. The summed E-state index contributed by atoms with van der Waals surface area (Å²) in [6.45, 7) is 14.5. The van der Waals surface area contributed by atoms with E-state index in [1.165, 1.54) is 0 Å². The number of carbonyl (C=O) groups excluding carboxylic acids is 1. The highest BCUT2D eigenvalue weighted by Crippen LogP contribution is 2.06. The summed E-state index contributed by atoms with van der Waals surface area (Å²) in [6, 6.07) is 0. The molecule has 216 valence electrons. The zero-order chi connectivity index (χ0) is 26.6. The summed E-state index contributed by atoms with van der Waals surface area (Å²) in [6.07, 6.45) is -0.449. The van der Waals surface area contributed by atoms with Crippen molar-refractivity contribution >= 4 is 6.09 Å². The highest BCUT2D eigenvalue weighted by Gasteiger charge is 2.15. The van der Waals surface area contributed by atoms with Crippen LogP contribution in [-0.4, -0.2) is 138 Å². The monoisotopic (exact) mass is 527 g/mol. The molecule has 1 N–H and O–H groups in total. The molecule has 0 radical (unpaired) electrons. The van der Waals surface area contributed by atoms with Gasteiger partial charge in [0.1, 0.15) is 5.60 Å². The van der Waals surface area contributed by atoms with Gasteiger partial charge in [0, 0.05) is 13.7 Å². The molecular formula is C24H49NO11. The molecule has 36 heavy (non-hydrogen) atoms. The Hall–Kier alpha value is -1.09. The van der Waals surface area contributed by atoms with E-state index in [2.05, 4.69) is 5.32 Å². The fourth-order valence-corrected chi connectivity index (χ4v) is 2.32. The first-order chi connectivity index (χ1) is 17.5. The van der Waals surface area contributed by atoms with Crippen LogP contribution < -0.4 is 5.32 Å². The van der Waals surface area contributed by atoms with Crippen LogP contribution in [0.15, 0.2) is 0 Å². The Bertz CT molecular complexity index is 464. The normalized spacial score (nSPS) is 11.7. The SMILES string of the molecule is COCCOCCOCCOCCOCCOCCOCCOCCOCCNC(=O)OC(C)(C)C. The molecule has 12 heteroatoms. The van der Waals surface area contributed by atoms with Crippen molar-refractivity contribution in [3.63, 3.8) is 0 Å². The number of ether oxygens (including phenoxy) is 10. The first-order valence-electron chi connectivity index (χ1n) is 12.5. The first-order valence-corrected chi connectivity index (χ1v) is 12.5. The molecule has 0 aromatic heterocycles. The average molecular weight is 528 g/mol. The smallest absolute Gasteiger partial charge is 0.407 e. The van der Waals surface area contributed by atoms with Gasteiger partial charge in [-0.25, -0.2) is 4.79 Å². The Balaban J connectivity index is 3.09. The third-order valence-corrected chi connectivity index (χ3v) is 3.95. The fourth-order valence-electron chi connectivity index (χ4n) is 2.32. The van der Waals surface area contributed by atoms with Gasteiger partial charge in [-0.15, -0.1) is 0 Å². The van der Waals surface area contributed by atoms with Gasteiger partial charge in [-0.2, -0.15) is 0 Å². The second-order valence-electron chi connectivity index (χ2n) is 8.32. The molecule has 0 heterocycles. The molecule has 0 aliphatic carbocycles. The minimum atomic E-state index is -0.505. The number of nitrogens with one attached hydrogen (secondary N) is 1. The summed E-state index contributed by atoms with van der Waals surface area (Å²) in [4.78, 5) is 11.4. The summed E-state index contributed by atoms with van der Waals surface area (Å²) in [5, 5.41) is 2.62. The molecule has 1 amide bonds. The topological polar surface area (TPSA) is 121 Å². The van der Waals surface area contributed by atoms with Crippen molar-refractivity contribution in [2.24, 2.45) is 0 Å². The number of amides is 1. The van der Waals surface area contributed by atoms with E-state index in [9.17, 15) is 4.79 Å². The van der Waals surface area contributed by atoms with Crippen molar-refractivity contribution in [2.75, 3.05) is 126 Å². The van der Waals surface area contributed by atoms with Gasteiger partial charge in [-0.05, 0) is 20.8 Å². The molecule has 0 fully saturated rings. The molecule has 0 aliphatic heterocycles. The maximum absolute atomic E-state index is 11.4. The zero-order valence-corrected chi connectivity index (χ0v) is 22.7. The summed E-state index contributed by atoms with van der Waals surface area (Å²) >= 11 is 0. The van der Waals surface area contributed by atoms with Crippen molar-refractivity contribution in [3.05, 3.63) is 0 Å². The second kappa shape index (κ2) is 27.0. The molecule has 12 nitrogen and oxygen atoms in total. The van der Waals surface area contributed by atoms with E-state index in [4.69, 9.17) is 47.4 Å². The van der Waals surface area contributed by atoms with Crippen LogP contribution in [0, 0.1) is 0 Å². The Morgan fingerprint density at radius 2 is 0.778 bits per heavy atom. The fraction of sp³-hybridized carbons (Fsp3) is 0.958. The highest BCUT2D eigenvalue weighted by atomic mass is 16.6. The van der Waals surface area contributed by atoms with Crippen molar-refractivity contribution in [1.82, 2.24) is 5.32 Å². The van der Waals surface area contributed by atoms with Crippen LogP contribution in [0.1, 0.15) is 20.8 Å². The van der Waals surface area contributed by atoms with Crippen LogP contribution >= 0.6 is 0 Å². The molecule has 0 spiro atoms. The lowest BCUT2D eigenvalue weighted by Gasteiger charge is -2.19. The van der Waals surface area contributed by atoms with E-state index < -0.39 is 11.7 Å². The highest BCUT2D eigenvalue weighted by molar-refractivity contribution is 5.67. The minimum absolute atomic E-state index is 0.388. The maximum Gasteiger partial charge on any atom is 0.407 e. The first kappa shape index (κ1) is 34.9. The summed E-state index contributed by atoms with van der Waals surface area (Å²) < 4.78 is 53.2. The lowest BCUT2D eigenvalue weighted by atomic mass is 10.2. The summed E-state index contributed by atoms with van der Waals surface area (Å²) in [5.41, 5.74) is -0.505. The van der Waals surface area contributed by atoms with E-state index in [0.717, 1.165) is 0 Å². The van der Waals surface area contributed by atoms with Crippen molar-refractivity contribution in [2.45, 2.75) is 26.4 Å². The summed E-state index contributed by atoms with van der Waals surface area (Å²) in [5.74, 6) is 0. The van der Waals surface area contributed by atoms with E-state index in [1.54, 1.807) is 7.11 Å². The van der Waals surface area contributed by atoms with E-state index in [0.29, 0.717) is 119 Å². The van der Waals surface area contributed by atoms with Crippen LogP contribution in [-0.2, 0) is 47.4 Å². The number of alkyl carbamates (subject to hydrolysis) is 1. The Kier molecular flexibility index (Phi) is 26.1. The van der Waals surface area contributed by atoms with Crippen LogP contribution in [0.25, 0.3) is 0 Å². The largest absolute Gasteiger partial charge is 0.444 e. The molecule has 0 saturated heterocycles. The quantitative estimate of drug-likeness (QED) is 0.156. The molecule has 0 unspecified atom stereocenters. The third-order valence-electron chi connectivity index (χ3n) is 3.95. The molecule has 0 aromatic rings. The van der Waals surface area contributed by atoms with Gasteiger partial charge in [0.05, 0.1) is 112 Å². The molecule has 0 rings (SSSR count). The summed E-state index contributed by atoms with van der Waals surface area (Å²) in [7, 11) is 1.64. The van der Waals surface area contributed by atoms with E-state index >= 15 is 0 Å². The van der Waals surface area contributed by atoms with Gasteiger partial charge >= 0.3 is 6.09 Å². The lowest BCUT2D eigenvalue weighted by molar-refractivity contribution is -0.0242. The van der Waals surface area contributed by atoms with Crippen molar-refractivity contribution in [1.29, 1.82) is 0 Å². The van der Waals surface area contributed by atoms with Crippen molar-refractivity contribution in [3.8, 4) is 0 Å². The van der Waals surface area contributed by atoms with Gasteiger partial charge in [0.2, 0.25) is 0 Å². The Morgan fingerprint density at radius 3 is 1.06 bits per heavy atom. The van der Waals surface area contributed by atoms with E-state index in [1.807, 2.05) is 20.8 Å². The second-order valence-corrected chi connectivity index (χ2v) is 8.32. The number of carbonyl (C=O) groups is 1. The number of hydrogen-bond donors (Lipinski definition) is 1. The minimum Gasteiger partial charge on any atom is -0.444 e. The van der Waals surface area contributed by atoms with Crippen LogP contribution in [0.4, 0.5) is 4.79 Å². The number of methoxy groups -OCH3 is 1.